The molecular weight excluding hydrogens is 251 g/mol. The Hall–Kier alpha value is -0.940. The van der Waals surface area contributed by atoms with E-state index in [2.05, 4.69) is 15.9 Å². The van der Waals surface area contributed by atoms with E-state index in [-0.39, 0.29) is 12.2 Å². The van der Waals surface area contributed by atoms with Crippen LogP contribution < -0.4 is 11.5 Å². The molecule has 0 aliphatic carbocycles. The molecule has 0 radical (unpaired) electrons. The molecule has 76 valence electrons. The topological polar surface area (TPSA) is 69.1 Å². The van der Waals surface area contributed by atoms with Crippen LogP contribution in [0.15, 0.2) is 22.7 Å². The van der Waals surface area contributed by atoms with E-state index in [0.717, 1.165) is 0 Å². The summed E-state index contributed by atoms with van der Waals surface area (Å²) in [6.07, 6.45) is 0.230. The molecular formula is C9H10BrFN2O. The minimum Gasteiger partial charge on any atom is -0.368 e. The van der Waals surface area contributed by atoms with Crippen molar-refractivity contribution in [3.8, 4) is 0 Å². The summed E-state index contributed by atoms with van der Waals surface area (Å²) in [6.45, 7) is 0. The van der Waals surface area contributed by atoms with Crippen molar-refractivity contribution in [3.05, 3.63) is 34.1 Å². The molecule has 0 fully saturated rings. The number of carbonyl (C=O) groups is 1. The van der Waals surface area contributed by atoms with Crippen LogP contribution in [0.4, 0.5) is 4.39 Å². The van der Waals surface area contributed by atoms with Crippen LogP contribution in [0, 0.1) is 5.82 Å². The maximum Gasteiger partial charge on any atom is 0.234 e. The second-order valence-corrected chi connectivity index (χ2v) is 3.72. The van der Waals surface area contributed by atoms with E-state index < -0.39 is 11.9 Å². The van der Waals surface area contributed by atoms with Crippen molar-refractivity contribution < 1.29 is 9.18 Å². The van der Waals surface area contributed by atoms with Crippen LogP contribution in [-0.4, -0.2) is 11.9 Å². The van der Waals surface area contributed by atoms with Crippen molar-refractivity contribution in [1.29, 1.82) is 0 Å². The maximum atomic E-state index is 13.0. The van der Waals surface area contributed by atoms with E-state index in [1.165, 1.54) is 6.07 Å². The summed E-state index contributed by atoms with van der Waals surface area (Å²) in [5.41, 5.74) is 11.1. The number of amides is 1. The summed E-state index contributed by atoms with van der Waals surface area (Å²) < 4.78 is 13.4. The van der Waals surface area contributed by atoms with Crippen molar-refractivity contribution in [2.75, 3.05) is 0 Å². The molecule has 0 aliphatic heterocycles. The second kappa shape index (κ2) is 4.52. The van der Waals surface area contributed by atoms with Gasteiger partial charge in [-0.2, -0.15) is 0 Å². The predicted octanol–water partition coefficient (Wildman–Crippen LogP) is 0.943. The number of rotatable bonds is 3. The van der Waals surface area contributed by atoms with Crippen LogP contribution in [-0.2, 0) is 11.2 Å². The van der Waals surface area contributed by atoms with Crippen molar-refractivity contribution in [2.45, 2.75) is 12.5 Å². The largest absolute Gasteiger partial charge is 0.368 e. The van der Waals surface area contributed by atoms with Crippen LogP contribution in [0.3, 0.4) is 0 Å². The molecule has 0 saturated carbocycles. The number of carbonyl (C=O) groups excluding carboxylic acids is 1. The van der Waals surface area contributed by atoms with Crippen LogP contribution in [0.5, 0.6) is 0 Å². The first-order chi connectivity index (χ1) is 6.52. The van der Waals surface area contributed by atoms with Gasteiger partial charge in [-0.25, -0.2) is 4.39 Å². The molecule has 0 spiro atoms. The number of hydrogen-bond donors (Lipinski definition) is 2. The summed E-state index contributed by atoms with van der Waals surface area (Å²) in [4.78, 5) is 10.7. The Morgan fingerprint density at radius 3 is 2.79 bits per heavy atom. The van der Waals surface area contributed by atoms with E-state index in [0.29, 0.717) is 10.0 Å². The third kappa shape index (κ3) is 2.52. The summed E-state index contributed by atoms with van der Waals surface area (Å²) >= 11 is 3.08. The fraction of sp³-hybridized carbons (Fsp3) is 0.222. The SMILES string of the molecule is NC(=O)C(N)Cc1cccc(F)c1Br. The maximum absolute atomic E-state index is 13.0. The molecule has 0 heterocycles. The zero-order valence-electron chi connectivity index (χ0n) is 7.34. The van der Waals surface area contributed by atoms with Gasteiger partial charge in [0.05, 0.1) is 10.5 Å². The first-order valence-corrected chi connectivity index (χ1v) is 4.79. The van der Waals surface area contributed by atoms with E-state index in [1.54, 1.807) is 12.1 Å². The molecule has 1 aromatic rings. The minimum atomic E-state index is -0.784. The van der Waals surface area contributed by atoms with Crippen LogP contribution in [0.2, 0.25) is 0 Å². The van der Waals surface area contributed by atoms with E-state index in [9.17, 15) is 9.18 Å². The van der Waals surface area contributed by atoms with Gasteiger partial charge in [0.1, 0.15) is 5.82 Å². The Bertz CT molecular complexity index is 357. The monoisotopic (exact) mass is 260 g/mol. The summed E-state index contributed by atoms with van der Waals surface area (Å²) in [7, 11) is 0. The molecule has 1 atom stereocenters. The van der Waals surface area contributed by atoms with Crippen LogP contribution in [0.1, 0.15) is 5.56 Å². The van der Waals surface area contributed by atoms with Gasteiger partial charge in [-0.3, -0.25) is 4.79 Å². The average Bonchev–Trinajstić information content (AvgIpc) is 2.12. The van der Waals surface area contributed by atoms with Gasteiger partial charge in [0.2, 0.25) is 5.91 Å². The predicted molar refractivity (Wildman–Crippen MR) is 55.0 cm³/mol. The summed E-state index contributed by atoms with van der Waals surface area (Å²) in [6, 6.07) is 3.79. The smallest absolute Gasteiger partial charge is 0.234 e. The molecule has 3 nitrogen and oxygen atoms in total. The Morgan fingerprint density at radius 1 is 1.57 bits per heavy atom. The van der Waals surface area contributed by atoms with Crippen molar-refractivity contribution >= 4 is 21.8 Å². The molecule has 0 aliphatic rings. The van der Waals surface area contributed by atoms with Gasteiger partial charge in [-0.1, -0.05) is 12.1 Å². The van der Waals surface area contributed by atoms with Gasteiger partial charge in [0.15, 0.2) is 0 Å². The first kappa shape index (κ1) is 11.1. The number of primary amides is 1. The van der Waals surface area contributed by atoms with Gasteiger partial charge in [-0.05, 0) is 34.0 Å². The number of nitrogens with two attached hydrogens (primary N) is 2. The lowest BCUT2D eigenvalue weighted by Crippen LogP contribution is -2.38. The van der Waals surface area contributed by atoms with Gasteiger partial charge in [0.25, 0.3) is 0 Å². The van der Waals surface area contributed by atoms with Gasteiger partial charge in [-0.15, -0.1) is 0 Å². The highest BCUT2D eigenvalue weighted by molar-refractivity contribution is 9.10. The first-order valence-electron chi connectivity index (χ1n) is 4.00. The highest BCUT2D eigenvalue weighted by atomic mass is 79.9. The number of halogens is 2. The second-order valence-electron chi connectivity index (χ2n) is 2.93. The lowest BCUT2D eigenvalue weighted by molar-refractivity contribution is -0.119. The third-order valence-corrected chi connectivity index (χ3v) is 2.72. The fourth-order valence-electron chi connectivity index (χ4n) is 1.04. The zero-order chi connectivity index (χ0) is 10.7. The Balaban J connectivity index is 2.87. The lowest BCUT2D eigenvalue weighted by Gasteiger charge is -2.09. The van der Waals surface area contributed by atoms with E-state index in [4.69, 9.17) is 11.5 Å². The Morgan fingerprint density at radius 2 is 2.21 bits per heavy atom. The van der Waals surface area contributed by atoms with Crippen LogP contribution in [0.25, 0.3) is 0 Å². The van der Waals surface area contributed by atoms with Gasteiger partial charge >= 0.3 is 0 Å². The standard InChI is InChI=1S/C9H10BrFN2O/c10-8-5(2-1-3-6(8)11)4-7(12)9(13)14/h1-3,7H,4,12H2,(H2,13,14). The molecule has 1 unspecified atom stereocenters. The van der Waals surface area contributed by atoms with Crippen molar-refractivity contribution in [1.82, 2.24) is 0 Å². The van der Waals surface area contributed by atoms with E-state index >= 15 is 0 Å². The molecule has 0 aromatic heterocycles. The van der Waals surface area contributed by atoms with E-state index in [1.807, 2.05) is 0 Å². The average molecular weight is 261 g/mol. The zero-order valence-corrected chi connectivity index (χ0v) is 8.92. The van der Waals surface area contributed by atoms with Crippen LogP contribution >= 0.6 is 15.9 Å². The van der Waals surface area contributed by atoms with Crippen molar-refractivity contribution in [2.24, 2.45) is 11.5 Å². The molecule has 5 heteroatoms. The molecule has 4 N–H and O–H groups in total. The normalized spacial score (nSPS) is 12.5. The van der Waals surface area contributed by atoms with Crippen molar-refractivity contribution in [3.63, 3.8) is 0 Å². The number of benzene rings is 1. The molecule has 0 bridgehead atoms. The minimum absolute atomic E-state index is 0.230. The highest BCUT2D eigenvalue weighted by Gasteiger charge is 2.13. The van der Waals surface area contributed by atoms with Gasteiger partial charge < -0.3 is 11.5 Å². The molecule has 1 aromatic carbocycles. The Labute approximate surface area is 89.4 Å². The Kier molecular flexibility index (Phi) is 3.60. The van der Waals surface area contributed by atoms with Gasteiger partial charge in [0, 0.05) is 0 Å². The molecule has 0 saturated heterocycles. The molecule has 1 amide bonds. The molecule has 1 rings (SSSR count). The summed E-state index contributed by atoms with van der Waals surface area (Å²) in [5.74, 6) is -0.972. The number of hydrogen-bond acceptors (Lipinski definition) is 2. The highest BCUT2D eigenvalue weighted by Crippen LogP contribution is 2.21. The quantitative estimate of drug-likeness (QED) is 0.850. The molecule has 14 heavy (non-hydrogen) atoms. The third-order valence-electron chi connectivity index (χ3n) is 1.84. The lowest BCUT2D eigenvalue weighted by atomic mass is 10.1. The fourth-order valence-corrected chi connectivity index (χ4v) is 1.47. The summed E-state index contributed by atoms with van der Waals surface area (Å²) in [5, 5.41) is 0.